The van der Waals surface area contributed by atoms with E-state index in [0.29, 0.717) is 5.82 Å². The van der Waals surface area contributed by atoms with Crippen molar-refractivity contribution < 1.29 is 5.11 Å². The first kappa shape index (κ1) is 14.1. The highest BCUT2D eigenvalue weighted by molar-refractivity contribution is 5.47. The topological polar surface area (TPSA) is 59.1 Å². The number of pyridine rings is 1. The number of nitrogen functional groups attached to an aromatic ring is 1. The van der Waals surface area contributed by atoms with Crippen LogP contribution in [0.1, 0.15) is 48.3 Å². The molecule has 3 rings (SSSR count). The fourth-order valence-corrected chi connectivity index (χ4v) is 3.53. The Morgan fingerprint density at radius 1 is 1.24 bits per heavy atom. The zero-order valence-electron chi connectivity index (χ0n) is 12.4. The van der Waals surface area contributed by atoms with Crippen molar-refractivity contribution in [3.8, 4) is 0 Å². The molecule has 1 heterocycles. The lowest BCUT2D eigenvalue weighted by molar-refractivity contribution is -0.0220. The third-order valence-corrected chi connectivity index (χ3v) is 4.60. The quantitative estimate of drug-likeness (QED) is 0.886. The SMILES string of the molecule is Cc1cnc(N)c(C2(O)CCCCC2c2ccccc2)c1. The summed E-state index contributed by atoms with van der Waals surface area (Å²) in [6.45, 7) is 1.99. The van der Waals surface area contributed by atoms with Crippen molar-refractivity contribution in [3.05, 3.63) is 59.3 Å². The second kappa shape index (κ2) is 5.49. The summed E-state index contributed by atoms with van der Waals surface area (Å²) < 4.78 is 0. The van der Waals surface area contributed by atoms with E-state index in [2.05, 4.69) is 17.1 Å². The van der Waals surface area contributed by atoms with Crippen molar-refractivity contribution in [1.82, 2.24) is 4.98 Å². The largest absolute Gasteiger partial charge is 0.384 e. The van der Waals surface area contributed by atoms with E-state index in [0.717, 1.165) is 36.8 Å². The maximum atomic E-state index is 11.4. The van der Waals surface area contributed by atoms with Crippen LogP contribution < -0.4 is 5.73 Å². The number of aliphatic hydroxyl groups is 1. The monoisotopic (exact) mass is 282 g/mol. The normalized spacial score (nSPS) is 25.7. The van der Waals surface area contributed by atoms with Crippen LogP contribution in [0.25, 0.3) is 0 Å². The van der Waals surface area contributed by atoms with Gasteiger partial charge in [-0.15, -0.1) is 0 Å². The van der Waals surface area contributed by atoms with E-state index in [1.165, 1.54) is 5.56 Å². The Kier molecular flexibility index (Phi) is 3.68. The van der Waals surface area contributed by atoms with Crippen molar-refractivity contribution in [2.45, 2.75) is 44.1 Å². The summed E-state index contributed by atoms with van der Waals surface area (Å²) in [5.41, 5.74) is 8.16. The average molecular weight is 282 g/mol. The van der Waals surface area contributed by atoms with Gasteiger partial charge in [0.25, 0.3) is 0 Å². The fraction of sp³-hybridized carbons (Fsp3) is 0.389. The Hall–Kier alpha value is -1.87. The van der Waals surface area contributed by atoms with Gasteiger partial charge in [0, 0.05) is 17.7 Å². The minimum Gasteiger partial charge on any atom is -0.384 e. The van der Waals surface area contributed by atoms with Crippen molar-refractivity contribution >= 4 is 5.82 Å². The molecule has 3 heteroatoms. The predicted molar refractivity (Wildman–Crippen MR) is 84.9 cm³/mol. The molecule has 0 amide bonds. The Bertz CT molecular complexity index is 626. The average Bonchev–Trinajstić information content (AvgIpc) is 2.51. The first-order valence-corrected chi connectivity index (χ1v) is 7.61. The number of anilines is 1. The van der Waals surface area contributed by atoms with Crippen molar-refractivity contribution in [2.24, 2.45) is 0 Å². The molecule has 1 aliphatic carbocycles. The first-order chi connectivity index (χ1) is 10.1. The van der Waals surface area contributed by atoms with Crippen molar-refractivity contribution in [2.75, 3.05) is 5.73 Å². The van der Waals surface area contributed by atoms with Gasteiger partial charge in [-0.25, -0.2) is 4.98 Å². The predicted octanol–water partition coefficient (Wildman–Crippen LogP) is 3.52. The third kappa shape index (κ3) is 2.54. The minimum absolute atomic E-state index is 0.0818. The molecule has 3 nitrogen and oxygen atoms in total. The van der Waals surface area contributed by atoms with E-state index in [4.69, 9.17) is 5.73 Å². The van der Waals surface area contributed by atoms with Crippen LogP contribution >= 0.6 is 0 Å². The number of nitrogens with zero attached hydrogens (tertiary/aromatic N) is 1. The van der Waals surface area contributed by atoms with Gasteiger partial charge < -0.3 is 10.8 Å². The van der Waals surface area contributed by atoms with Crippen LogP contribution in [-0.2, 0) is 5.60 Å². The molecule has 1 aromatic heterocycles. The summed E-state index contributed by atoms with van der Waals surface area (Å²) in [5.74, 6) is 0.532. The van der Waals surface area contributed by atoms with Gasteiger partial charge >= 0.3 is 0 Å². The number of aryl methyl sites for hydroxylation is 1. The van der Waals surface area contributed by atoms with Crippen molar-refractivity contribution in [1.29, 1.82) is 0 Å². The maximum absolute atomic E-state index is 11.4. The number of hydrogen-bond acceptors (Lipinski definition) is 3. The summed E-state index contributed by atoms with van der Waals surface area (Å²) in [5, 5.41) is 11.4. The molecule has 2 atom stereocenters. The smallest absolute Gasteiger partial charge is 0.129 e. The van der Waals surface area contributed by atoms with Crippen LogP contribution in [0.15, 0.2) is 42.6 Å². The Morgan fingerprint density at radius 3 is 2.76 bits per heavy atom. The van der Waals surface area contributed by atoms with Crippen LogP contribution in [-0.4, -0.2) is 10.1 Å². The molecule has 3 N–H and O–H groups in total. The van der Waals surface area contributed by atoms with Crippen LogP contribution in [0.4, 0.5) is 5.82 Å². The van der Waals surface area contributed by atoms with Gasteiger partial charge in [0.05, 0.1) is 5.60 Å². The zero-order chi connectivity index (χ0) is 14.9. The summed E-state index contributed by atoms with van der Waals surface area (Å²) in [6, 6.07) is 12.3. The van der Waals surface area contributed by atoms with E-state index in [9.17, 15) is 5.11 Å². The lowest BCUT2D eigenvalue weighted by Gasteiger charge is -2.41. The summed E-state index contributed by atoms with van der Waals surface area (Å²) in [7, 11) is 0. The van der Waals surface area contributed by atoms with Gasteiger partial charge in [0.15, 0.2) is 0 Å². The van der Waals surface area contributed by atoms with Crippen LogP contribution in [0.5, 0.6) is 0 Å². The van der Waals surface area contributed by atoms with Gasteiger partial charge in [-0.05, 0) is 37.0 Å². The zero-order valence-corrected chi connectivity index (χ0v) is 12.4. The number of aromatic nitrogens is 1. The molecule has 1 aliphatic rings. The standard InChI is InChI=1S/C18H22N2O/c1-13-11-16(17(19)20-12-13)18(21)10-6-5-9-15(18)14-7-3-2-4-8-14/h2-4,7-8,11-12,15,21H,5-6,9-10H2,1H3,(H2,19,20). The van der Waals surface area contributed by atoms with E-state index in [1.807, 2.05) is 31.2 Å². The Balaban J connectivity index is 2.09. The first-order valence-electron chi connectivity index (χ1n) is 7.61. The molecule has 0 spiro atoms. The van der Waals surface area contributed by atoms with E-state index < -0.39 is 5.60 Å². The highest BCUT2D eigenvalue weighted by atomic mass is 16.3. The number of benzene rings is 1. The fourth-order valence-electron chi connectivity index (χ4n) is 3.53. The van der Waals surface area contributed by atoms with Gasteiger partial charge in [-0.1, -0.05) is 43.2 Å². The molecule has 21 heavy (non-hydrogen) atoms. The van der Waals surface area contributed by atoms with Gasteiger partial charge in [-0.2, -0.15) is 0 Å². The number of rotatable bonds is 2. The summed E-state index contributed by atoms with van der Waals surface area (Å²) in [4.78, 5) is 4.24. The van der Waals surface area contributed by atoms with Crippen molar-refractivity contribution in [3.63, 3.8) is 0 Å². The second-order valence-corrected chi connectivity index (χ2v) is 6.08. The molecule has 2 aromatic rings. The van der Waals surface area contributed by atoms with Crippen LogP contribution in [0.3, 0.4) is 0 Å². The Morgan fingerprint density at radius 2 is 2.00 bits per heavy atom. The number of nitrogens with two attached hydrogens (primary N) is 1. The van der Waals surface area contributed by atoms with Crippen LogP contribution in [0, 0.1) is 6.92 Å². The molecule has 0 saturated heterocycles. The molecule has 1 aromatic carbocycles. The van der Waals surface area contributed by atoms with Gasteiger partial charge in [0.2, 0.25) is 0 Å². The van der Waals surface area contributed by atoms with Gasteiger partial charge in [-0.3, -0.25) is 0 Å². The molecule has 2 unspecified atom stereocenters. The van der Waals surface area contributed by atoms with Gasteiger partial charge in [0.1, 0.15) is 5.82 Å². The number of hydrogen-bond donors (Lipinski definition) is 2. The minimum atomic E-state index is -0.914. The summed E-state index contributed by atoms with van der Waals surface area (Å²) >= 11 is 0. The highest BCUT2D eigenvalue weighted by Gasteiger charge is 2.42. The lowest BCUT2D eigenvalue weighted by atomic mass is 9.68. The molecule has 0 radical (unpaired) electrons. The maximum Gasteiger partial charge on any atom is 0.129 e. The Labute approximate surface area is 125 Å². The molecule has 110 valence electrons. The molecule has 0 aliphatic heterocycles. The molecule has 1 saturated carbocycles. The van der Waals surface area contributed by atoms with E-state index in [1.54, 1.807) is 6.20 Å². The molecule has 1 fully saturated rings. The molecular formula is C18H22N2O. The molecular weight excluding hydrogens is 260 g/mol. The van der Waals surface area contributed by atoms with E-state index >= 15 is 0 Å². The lowest BCUT2D eigenvalue weighted by Crippen LogP contribution is -2.37. The van der Waals surface area contributed by atoms with Crippen LogP contribution in [0.2, 0.25) is 0 Å². The van der Waals surface area contributed by atoms with E-state index in [-0.39, 0.29) is 5.92 Å². The third-order valence-electron chi connectivity index (χ3n) is 4.60. The highest BCUT2D eigenvalue weighted by Crippen LogP contribution is 2.48. The molecule has 0 bridgehead atoms. The second-order valence-electron chi connectivity index (χ2n) is 6.08. The summed E-state index contributed by atoms with van der Waals surface area (Å²) in [6.07, 6.45) is 5.63.